The van der Waals surface area contributed by atoms with Crippen molar-refractivity contribution in [1.82, 2.24) is 9.78 Å². The second-order valence-electron chi connectivity index (χ2n) is 4.83. The van der Waals surface area contributed by atoms with Crippen LogP contribution in [0.15, 0.2) is 24.3 Å². The number of hydrogen-bond donors (Lipinski definition) is 0. The van der Waals surface area contributed by atoms with Gasteiger partial charge in [0.1, 0.15) is 13.2 Å². The van der Waals surface area contributed by atoms with E-state index in [1.54, 1.807) is 10.7 Å². The van der Waals surface area contributed by atoms with Crippen LogP contribution in [0.3, 0.4) is 0 Å². The molecule has 104 valence electrons. The fraction of sp³-hybridized carbons (Fsp3) is 0.333. The number of hydrogen-bond acceptors (Lipinski definition) is 4. The van der Waals surface area contributed by atoms with Gasteiger partial charge in [-0.2, -0.15) is 5.10 Å². The van der Waals surface area contributed by atoms with Crippen LogP contribution in [0.2, 0.25) is 0 Å². The molecule has 0 saturated carbocycles. The Labute approximate surface area is 117 Å². The number of rotatable bonds is 3. The van der Waals surface area contributed by atoms with Gasteiger partial charge in [0.2, 0.25) is 0 Å². The van der Waals surface area contributed by atoms with E-state index >= 15 is 0 Å². The Bertz CT molecular complexity index is 661. The van der Waals surface area contributed by atoms with Crippen molar-refractivity contribution in [2.45, 2.75) is 13.3 Å². The van der Waals surface area contributed by atoms with E-state index in [-0.39, 0.29) is 5.78 Å². The van der Waals surface area contributed by atoms with E-state index in [9.17, 15) is 4.79 Å². The van der Waals surface area contributed by atoms with E-state index in [1.807, 2.05) is 32.2 Å². The minimum Gasteiger partial charge on any atom is -0.486 e. The highest BCUT2D eigenvalue weighted by atomic mass is 16.6. The standard InChI is InChI=1S/C15H16N2O3/c1-10-8-11(17(2)16-10)9-13(18)12-4-3-5-14-15(12)20-7-6-19-14/h3-5,8H,6-7,9H2,1-2H3. The number of ketones is 1. The number of Topliss-reactive ketones (excluding diaryl/α,β-unsaturated/α-hetero) is 1. The molecule has 2 aromatic rings. The summed E-state index contributed by atoms with van der Waals surface area (Å²) in [6.07, 6.45) is 0.303. The summed E-state index contributed by atoms with van der Waals surface area (Å²) in [5.41, 5.74) is 2.37. The summed E-state index contributed by atoms with van der Waals surface area (Å²) in [4.78, 5) is 12.5. The van der Waals surface area contributed by atoms with Gasteiger partial charge in [0.15, 0.2) is 17.3 Å². The molecule has 0 atom stereocenters. The lowest BCUT2D eigenvalue weighted by Gasteiger charge is -2.20. The van der Waals surface area contributed by atoms with Crippen LogP contribution < -0.4 is 9.47 Å². The molecule has 0 radical (unpaired) electrons. The lowest BCUT2D eigenvalue weighted by atomic mass is 10.0. The average molecular weight is 272 g/mol. The van der Waals surface area contributed by atoms with Crippen molar-refractivity contribution in [1.29, 1.82) is 0 Å². The molecular formula is C15H16N2O3. The molecule has 1 aliphatic heterocycles. The van der Waals surface area contributed by atoms with Crippen molar-refractivity contribution < 1.29 is 14.3 Å². The van der Waals surface area contributed by atoms with Gasteiger partial charge in [0, 0.05) is 12.7 Å². The maximum atomic E-state index is 12.5. The van der Waals surface area contributed by atoms with Crippen LogP contribution in [0.5, 0.6) is 11.5 Å². The third-order valence-electron chi connectivity index (χ3n) is 3.31. The van der Waals surface area contributed by atoms with E-state index in [1.165, 1.54) is 0 Å². The third kappa shape index (κ3) is 2.27. The van der Waals surface area contributed by atoms with Crippen LogP contribution in [0.25, 0.3) is 0 Å². The van der Waals surface area contributed by atoms with Crippen molar-refractivity contribution in [3.05, 3.63) is 41.2 Å². The molecule has 0 saturated heterocycles. The van der Waals surface area contributed by atoms with Gasteiger partial charge in [0.25, 0.3) is 0 Å². The first kappa shape index (κ1) is 12.7. The molecule has 0 unspecified atom stereocenters. The SMILES string of the molecule is Cc1cc(CC(=O)c2cccc3c2OCCO3)n(C)n1. The zero-order valence-electron chi connectivity index (χ0n) is 11.5. The highest BCUT2D eigenvalue weighted by molar-refractivity contribution is 6.00. The van der Waals surface area contributed by atoms with Crippen LogP contribution in [-0.2, 0) is 13.5 Å². The van der Waals surface area contributed by atoms with E-state index < -0.39 is 0 Å². The Hall–Kier alpha value is -2.30. The first-order valence-corrected chi connectivity index (χ1v) is 6.56. The van der Waals surface area contributed by atoms with E-state index in [0.717, 1.165) is 11.4 Å². The first-order valence-electron chi connectivity index (χ1n) is 6.56. The molecule has 1 aromatic carbocycles. The van der Waals surface area contributed by atoms with Gasteiger partial charge in [-0.1, -0.05) is 6.07 Å². The maximum Gasteiger partial charge on any atom is 0.172 e. The van der Waals surface area contributed by atoms with Gasteiger partial charge >= 0.3 is 0 Å². The normalized spacial score (nSPS) is 13.3. The number of carbonyl (C=O) groups is 1. The molecule has 5 heteroatoms. The highest BCUT2D eigenvalue weighted by Crippen LogP contribution is 2.34. The summed E-state index contributed by atoms with van der Waals surface area (Å²) in [7, 11) is 1.84. The number of nitrogens with zero attached hydrogens (tertiary/aromatic N) is 2. The fourth-order valence-electron chi connectivity index (χ4n) is 2.38. The van der Waals surface area contributed by atoms with Crippen molar-refractivity contribution in [2.24, 2.45) is 7.05 Å². The molecule has 0 N–H and O–H groups in total. The molecule has 2 heterocycles. The number of carbonyl (C=O) groups excluding carboxylic acids is 1. The summed E-state index contributed by atoms with van der Waals surface area (Å²) < 4.78 is 12.8. The molecular weight excluding hydrogens is 256 g/mol. The summed E-state index contributed by atoms with van der Waals surface area (Å²) in [6, 6.07) is 7.33. The van der Waals surface area contributed by atoms with Crippen LogP contribution in [-0.4, -0.2) is 28.8 Å². The van der Waals surface area contributed by atoms with Gasteiger partial charge in [-0.15, -0.1) is 0 Å². The Kier molecular flexibility index (Phi) is 3.18. The van der Waals surface area contributed by atoms with Crippen molar-refractivity contribution >= 4 is 5.78 Å². The highest BCUT2D eigenvalue weighted by Gasteiger charge is 2.21. The third-order valence-corrected chi connectivity index (χ3v) is 3.31. The zero-order valence-corrected chi connectivity index (χ0v) is 11.5. The number of aromatic nitrogens is 2. The van der Waals surface area contributed by atoms with Crippen LogP contribution >= 0.6 is 0 Å². The molecule has 3 rings (SSSR count). The van der Waals surface area contributed by atoms with E-state index in [4.69, 9.17) is 9.47 Å². The fourth-order valence-corrected chi connectivity index (χ4v) is 2.38. The molecule has 0 fully saturated rings. The minimum atomic E-state index is 0.00958. The Morgan fingerprint density at radius 1 is 1.35 bits per heavy atom. The van der Waals surface area contributed by atoms with Crippen molar-refractivity contribution in [3.63, 3.8) is 0 Å². The molecule has 20 heavy (non-hydrogen) atoms. The second-order valence-corrected chi connectivity index (χ2v) is 4.83. The molecule has 1 aliphatic rings. The zero-order chi connectivity index (χ0) is 14.1. The van der Waals surface area contributed by atoms with Gasteiger partial charge < -0.3 is 9.47 Å². The quantitative estimate of drug-likeness (QED) is 0.801. The lowest BCUT2D eigenvalue weighted by molar-refractivity contribution is 0.0979. The summed E-state index contributed by atoms with van der Waals surface area (Å²) >= 11 is 0. The lowest BCUT2D eigenvalue weighted by Crippen LogP contribution is -2.18. The molecule has 1 aromatic heterocycles. The van der Waals surface area contributed by atoms with Gasteiger partial charge in [-0.05, 0) is 25.1 Å². The predicted octanol–water partition coefficient (Wildman–Crippen LogP) is 1.93. The Balaban J connectivity index is 1.89. The first-order chi connectivity index (χ1) is 9.65. The van der Waals surface area contributed by atoms with Crippen LogP contribution in [0.4, 0.5) is 0 Å². The topological polar surface area (TPSA) is 53.4 Å². The predicted molar refractivity (Wildman–Crippen MR) is 73.4 cm³/mol. The molecule has 0 aliphatic carbocycles. The van der Waals surface area contributed by atoms with Gasteiger partial charge in [-0.25, -0.2) is 0 Å². The van der Waals surface area contributed by atoms with Gasteiger partial charge in [-0.3, -0.25) is 9.48 Å². The molecule has 5 nitrogen and oxygen atoms in total. The Morgan fingerprint density at radius 3 is 2.90 bits per heavy atom. The number of ether oxygens (including phenoxy) is 2. The van der Waals surface area contributed by atoms with Crippen LogP contribution in [0, 0.1) is 6.92 Å². The number of fused-ring (bicyclic) bond motifs is 1. The summed E-state index contributed by atoms with van der Waals surface area (Å²) in [5, 5.41) is 4.25. The largest absolute Gasteiger partial charge is 0.486 e. The maximum absolute atomic E-state index is 12.5. The van der Waals surface area contributed by atoms with Gasteiger partial charge in [0.05, 0.1) is 17.7 Å². The van der Waals surface area contributed by atoms with E-state index in [2.05, 4.69) is 5.10 Å². The molecule has 0 amide bonds. The van der Waals surface area contributed by atoms with Crippen molar-refractivity contribution in [3.8, 4) is 11.5 Å². The van der Waals surface area contributed by atoms with Crippen molar-refractivity contribution in [2.75, 3.05) is 13.2 Å². The monoisotopic (exact) mass is 272 g/mol. The summed E-state index contributed by atoms with van der Waals surface area (Å²) in [6.45, 7) is 2.91. The van der Waals surface area contributed by atoms with E-state index in [0.29, 0.717) is 36.7 Å². The number of benzene rings is 1. The second kappa shape index (κ2) is 5.00. The molecule has 0 bridgehead atoms. The minimum absolute atomic E-state index is 0.00958. The molecule has 0 spiro atoms. The number of aryl methyl sites for hydroxylation is 2. The summed E-state index contributed by atoms with van der Waals surface area (Å²) in [5.74, 6) is 1.21. The average Bonchev–Trinajstić information content (AvgIpc) is 2.76. The van der Waals surface area contributed by atoms with Crippen LogP contribution in [0.1, 0.15) is 21.7 Å². The Morgan fingerprint density at radius 2 is 2.15 bits per heavy atom. The smallest absolute Gasteiger partial charge is 0.172 e. The number of para-hydroxylation sites is 1.